The highest BCUT2D eigenvalue weighted by atomic mass is 16.6. The molecule has 1 heterocycles. The van der Waals surface area contributed by atoms with Gasteiger partial charge in [-0.15, -0.1) is 0 Å². The van der Waals surface area contributed by atoms with Gasteiger partial charge in [-0.25, -0.2) is 4.79 Å². The van der Waals surface area contributed by atoms with E-state index in [2.05, 4.69) is 6.58 Å². The van der Waals surface area contributed by atoms with E-state index in [1.165, 1.54) is 6.08 Å². The normalized spacial score (nSPS) is 23.5. The molecule has 5 nitrogen and oxygen atoms in total. The molecule has 0 spiro atoms. The van der Waals surface area contributed by atoms with Gasteiger partial charge in [0.1, 0.15) is 6.61 Å². The molecule has 5 heteroatoms. The van der Waals surface area contributed by atoms with Crippen molar-refractivity contribution >= 4 is 12.1 Å². The number of ether oxygens (including phenoxy) is 1. The van der Waals surface area contributed by atoms with Crippen LogP contribution < -0.4 is 0 Å². The molecule has 102 valence electrons. The number of aliphatic carboxylic acids is 1. The van der Waals surface area contributed by atoms with E-state index in [1.54, 1.807) is 4.90 Å². The van der Waals surface area contributed by atoms with Crippen LogP contribution in [0.3, 0.4) is 0 Å². The van der Waals surface area contributed by atoms with Crippen molar-refractivity contribution in [2.45, 2.75) is 38.6 Å². The average molecular weight is 255 g/mol. The van der Waals surface area contributed by atoms with Crippen LogP contribution in [0.15, 0.2) is 12.7 Å². The molecule has 0 aromatic rings. The van der Waals surface area contributed by atoms with Gasteiger partial charge in [0.25, 0.3) is 0 Å². The minimum atomic E-state index is -0.783. The van der Waals surface area contributed by atoms with E-state index < -0.39 is 5.97 Å². The molecule has 0 unspecified atom stereocenters. The fourth-order valence-corrected chi connectivity index (χ4v) is 2.21. The summed E-state index contributed by atoms with van der Waals surface area (Å²) < 4.78 is 5.03. The van der Waals surface area contributed by atoms with Gasteiger partial charge in [-0.3, -0.25) is 4.79 Å². The van der Waals surface area contributed by atoms with Crippen molar-refractivity contribution in [1.29, 1.82) is 0 Å². The monoisotopic (exact) mass is 255 g/mol. The zero-order valence-corrected chi connectivity index (χ0v) is 10.8. The number of carbonyl (C=O) groups is 2. The number of piperidine rings is 1. The fourth-order valence-electron chi connectivity index (χ4n) is 2.21. The summed E-state index contributed by atoms with van der Waals surface area (Å²) in [5, 5.41) is 8.67. The van der Waals surface area contributed by atoms with Gasteiger partial charge in [-0.2, -0.15) is 0 Å². The Kier molecular flexibility index (Phi) is 5.68. The van der Waals surface area contributed by atoms with Crippen molar-refractivity contribution in [2.75, 3.05) is 13.2 Å². The van der Waals surface area contributed by atoms with Gasteiger partial charge in [0, 0.05) is 19.0 Å². The first-order chi connectivity index (χ1) is 8.54. The Morgan fingerprint density at radius 2 is 2.22 bits per heavy atom. The van der Waals surface area contributed by atoms with Crippen LogP contribution in [-0.2, 0) is 9.53 Å². The standard InChI is InChI=1S/C13H21NO4/c1-3-8-18-13(17)14-9-11(5-4-10(14)2)6-7-12(15)16/h3,10-11H,1,4-9H2,2H3,(H,15,16)/t10-,11+/m1/s1. The fraction of sp³-hybridized carbons (Fsp3) is 0.692. The van der Waals surface area contributed by atoms with Gasteiger partial charge < -0.3 is 14.7 Å². The van der Waals surface area contributed by atoms with Crippen molar-refractivity contribution in [2.24, 2.45) is 5.92 Å². The summed E-state index contributed by atoms with van der Waals surface area (Å²) in [5.74, 6) is -0.525. The van der Waals surface area contributed by atoms with Gasteiger partial charge in [0.15, 0.2) is 0 Å². The number of hydrogen-bond acceptors (Lipinski definition) is 3. The van der Waals surface area contributed by atoms with Gasteiger partial charge in [0.2, 0.25) is 0 Å². The maximum Gasteiger partial charge on any atom is 0.410 e. The number of hydrogen-bond donors (Lipinski definition) is 1. The van der Waals surface area contributed by atoms with Crippen molar-refractivity contribution in [1.82, 2.24) is 4.90 Å². The minimum absolute atomic E-state index is 0.156. The summed E-state index contributed by atoms with van der Waals surface area (Å²) in [5.41, 5.74) is 0. The van der Waals surface area contributed by atoms with Crippen LogP contribution in [0.5, 0.6) is 0 Å². The maximum atomic E-state index is 11.8. The Hall–Kier alpha value is -1.52. The first-order valence-corrected chi connectivity index (χ1v) is 6.30. The van der Waals surface area contributed by atoms with Crippen molar-refractivity contribution in [3.63, 3.8) is 0 Å². The predicted octanol–water partition coefficient (Wildman–Crippen LogP) is 2.27. The second kappa shape index (κ2) is 7.03. The second-order valence-corrected chi connectivity index (χ2v) is 4.74. The molecule has 0 radical (unpaired) electrons. The number of carbonyl (C=O) groups excluding carboxylic acids is 1. The summed E-state index contributed by atoms with van der Waals surface area (Å²) >= 11 is 0. The SMILES string of the molecule is C=CCOC(=O)N1C[C@H](CCC(=O)O)CC[C@H]1C. The number of carboxylic acid groups (broad SMARTS) is 1. The van der Waals surface area contributed by atoms with Crippen LogP contribution in [0.4, 0.5) is 4.79 Å². The van der Waals surface area contributed by atoms with Crippen LogP contribution in [-0.4, -0.2) is 41.3 Å². The molecule has 0 aromatic carbocycles. The van der Waals surface area contributed by atoms with E-state index in [-0.39, 0.29) is 31.1 Å². The lowest BCUT2D eigenvalue weighted by Crippen LogP contribution is -2.45. The van der Waals surface area contributed by atoms with Gasteiger partial charge in [-0.05, 0) is 32.1 Å². The number of nitrogens with zero attached hydrogens (tertiary/aromatic N) is 1. The smallest absolute Gasteiger partial charge is 0.410 e. The molecule has 0 aromatic heterocycles. The van der Waals surface area contributed by atoms with E-state index in [1.807, 2.05) is 6.92 Å². The molecule has 1 rings (SSSR count). The predicted molar refractivity (Wildman–Crippen MR) is 67.3 cm³/mol. The molecule has 1 N–H and O–H groups in total. The maximum absolute atomic E-state index is 11.8. The van der Waals surface area contributed by atoms with Crippen LogP contribution >= 0.6 is 0 Å². The number of rotatable bonds is 5. The molecule has 2 atom stereocenters. The Balaban J connectivity index is 2.47. The van der Waals surface area contributed by atoms with E-state index in [0.29, 0.717) is 13.0 Å². The first kappa shape index (κ1) is 14.5. The highest BCUT2D eigenvalue weighted by Crippen LogP contribution is 2.25. The Morgan fingerprint density at radius 3 is 2.83 bits per heavy atom. The number of likely N-dealkylation sites (tertiary alicyclic amines) is 1. The highest BCUT2D eigenvalue weighted by Gasteiger charge is 2.29. The quantitative estimate of drug-likeness (QED) is 0.765. The van der Waals surface area contributed by atoms with Crippen LogP contribution in [0, 0.1) is 5.92 Å². The van der Waals surface area contributed by atoms with E-state index in [0.717, 1.165) is 12.8 Å². The lowest BCUT2D eigenvalue weighted by atomic mass is 9.90. The van der Waals surface area contributed by atoms with Gasteiger partial charge >= 0.3 is 12.1 Å². The van der Waals surface area contributed by atoms with Crippen LogP contribution in [0.1, 0.15) is 32.6 Å². The topological polar surface area (TPSA) is 66.8 Å². The molecule has 0 aliphatic carbocycles. The Bertz CT molecular complexity index is 316. The average Bonchev–Trinajstić information content (AvgIpc) is 2.34. The first-order valence-electron chi connectivity index (χ1n) is 6.30. The van der Waals surface area contributed by atoms with Crippen LogP contribution in [0.25, 0.3) is 0 Å². The van der Waals surface area contributed by atoms with E-state index in [4.69, 9.17) is 9.84 Å². The van der Waals surface area contributed by atoms with Crippen LogP contribution in [0.2, 0.25) is 0 Å². The summed E-state index contributed by atoms with van der Waals surface area (Å²) in [6, 6.07) is 0.156. The molecular weight excluding hydrogens is 234 g/mol. The molecule has 0 saturated carbocycles. The van der Waals surface area contributed by atoms with Crippen molar-refractivity contribution in [3.8, 4) is 0 Å². The molecule has 1 amide bonds. The zero-order valence-electron chi connectivity index (χ0n) is 10.8. The van der Waals surface area contributed by atoms with E-state index in [9.17, 15) is 9.59 Å². The third kappa shape index (κ3) is 4.39. The molecule has 1 aliphatic rings. The summed E-state index contributed by atoms with van der Waals surface area (Å²) in [4.78, 5) is 24.0. The molecule has 1 fully saturated rings. The Labute approximate surface area is 107 Å². The summed E-state index contributed by atoms with van der Waals surface area (Å²) in [6.07, 6.45) is 3.85. The lowest BCUT2D eigenvalue weighted by molar-refractivity contribution is -0.137. The number of carboxylic acids is 1. The largest absolute Gasteiger partial charge is 0.481 e. The third-order valence-corrected chi connectivity index (χ3v) is 3.31. The highest BCUT2D eigenvalue weighted by molar-refractivity contribution is 5.68. The van der Waals surface area contributed by atoms with Gasteiger partial charge in [0.05, 0.1) is 0 Å². The molecule has 0 bridgehead atoms. The lowest BCUT2D eigenvalue weighted by Gasteiger charge is -2.37. The molecule has 18 heavy (non-hydrogen) atoms. The number of amides is 1. The van der Waals surface area contributed by atoms with Crippen molar-refractivity contribution < 1.29 is 19.4 Å². The molecular formula is C13H21NO4. The molecule has 1 saturated heterocycles. The summed E-state index contributed by atoms with van der Waals surface area (Å²) in [6.45, 7) is 6.29. The molecule has 1 aliphatic heterocycles. The van der Waals surface area contributed by atoms with Gasteiger partial charge in [-0.1, -0.05) is 12.7 Å². The summed E-state index contributed by atoms with van der Waals surface area (Å²) in [7, 11) is 0. The van der Waals surface area contributed by atoms with E-state index >= 15 is 0 Å². The van der Waals surface area contributed by atoms with Crippen molar-refractivity contribution in [3.05, 3.63) is 12.7 Å². The Morgan fingerprint density at radius 1 is 1.50 bits per heavy atom. The minimum Gasteiger partial charge on any atom is -0.481 e. The second-order valence-electron chi connectivity index (χ2n) is 4.74. The zero-order chi connectivity index (χ0) is 13.5. The third-order valence-electron chi connectivity index (χ3n) is 3.31.